The number of benzene rings is 1. The minimum Gasteiger partial charge on any atom is -0.459 e. The van der Waals surface area contributed by atoms with Crippen LogP contribution in [0.15, 0.2) is 47.1 Å². The summed E-state index contributed by atoms with van der Waals surface area (Å²) in [6.07, 6.45) is 1.34. The molecular weight excluding hydrogens is 246 g/mol. The van der Waals surface area contributed by atoms with E-state index in [4.69, 9.17) is 9.68 Å². The van der Waals surface area contributed by atoms with Crippen molar-refractivity contribution in [3.63, 3.8) is 0 Å². The van der Waals surface area contributed by atoms with E-state index in [1.54, 1.807) is 30.3 Å². The van der Waals surface area contributed by atoms with E-state index in [1.807, 2.05) is 6.07 Å². The van der Waals surface area contributed by atoms with Gasteiger partial charge in [0.1, 0.15) is 0 Å². The van der Waals surface area contributed by atoms with Crippen molar-refractivity contribution in [1.82, 2.24) is 5.32 Å². The van der Waals surface area contributed by atoms with E-state index < -0.39 is 11.9 Å². The number of nitriles is 1. The van der Waals surface area contributed by atoms with Crippen LogP contribution in [0.2, 0.25) is 0 Å². The van der Waals surface area contributed by atoms with Gasteiger partial charge in [0.25, 0.3) is 5.91 Å². The molecule has 19 heavy (non-hydrogen) atoms. The largest absolute Gasteiger partial charge is 0.459 e. The first-order valence-corrected chi connectivity index (χ1v) is 5.35. The molecule has 0 unspecified atom stereocenters. The van der Waals surface area contributed by atoms with Gasteiger partial charge >= 0.3 is 6.03 Å². The number of hydrogen-bond acceptors (Lipinski definition) is 4. The van der Waals surface area contributed by atoms with Gasteiger partial charge in [0.2, 0.25) is 0 Å². The average molecular weight is 255 g/mol. The Morgan fingerprint density at radius 2 is 1.89 bits per heavy atom. The van der Waals surface area contributed by atoms with Gasteiger partial charge in [-0.15, -0.1) is 0 Å². The first-order chi connectivity index (χ1) is 9.19. The van der Waals surface area contributed by atoms with Crippen LogP contribution in [0.1, 0.15) is 16.1 Å². The lowest BCUT2D eigenvalue weighted by Crippen LogP contribution is -2.34. The van der Waals surface area contributed by atoms with Gasteiger partial charge in [-0.1, -0.05) is 0 Å². The molecule has 0 saturated carbocycles. The first-order valence-electron chi connectivity index (χ1n) is 5.35. The Labute approximate surface area is 108 Å². The summed E-state index contributed by atoms with van der Waals surface area (Å²) >= 11 is 0. The molecule has 94 valence electrons. The predicted molar refractivity (Wildman–Crippen MR) is 66.3 cm³/mol. The summed E-state index contributed by atoms with van der Waals surface area (Å²) in [4.78, 5) is 23.0. The third-order valence-electron chi connectivity index (χ3n) is 2.24. The van der Waals surface area contributed by atoms with E-state index in [2.05, 4.69) is 10.6 Å². The first kappa shape index (κ1) is 12.4. The lowest BCUT2D eigenvalue weighted by molar-refractivity contribution is 0.0940. The second-order valence-corrected chi connectivity index (χ2v) is 3.57. The van der Waals surface area contributed by atoms with Gasteiger partial charge in [-0.25, -0.2) is 4.79 Å². The lowest BCUT2D eigenvalue weighted by atomic mass is 10.2. The van der Waals surface area contributed by atoms with Gasteiger partial charge in [0.05, 0.1) is 17.9 Å². The van der Waals surface area contributed by atoms with E-state index in [0.29, 0.717) is 11.3 Å². The van der Waals surface area contributed by atoms with Crippen LogP contribution in [0.5, 0.6) is 0 Å². The van der Waals surface area contributed by atoms with Gasteiger partial charge in [-0.2, -0.15) is 5.26 Å². The molecule has 0 aliphatic rings. The molecule has 0 spiro atoms. The highest BCUT2D eigenvalue weighted by Crippen LogP contribution is 2.08. The van der Waals surface area contributed by atoms with Gasteiger partial charge in [0, 0.05) is 5.69 Å². The van der Waals surface area contributed by atoms with Gasteiger partial charge in [-0.05, 0) is 36.4 Å². The third kappa shape index (κ3) is 3.20. The number of urea groups is 1. The van der Waals surface area contributed by atoms with E-state index in [9.17, 15) is 9.59 Å². The molecule has 0 aliphatic heterocycles. The summed E-state index contributed by atoms with van der Waals surface area (Å²) in [6, 6.07) is 10.5. The summed E-state index contributed by atoms with van der Waals surface area (Å²) in [5.74, 6) is -0.578. The van der Waals surface area contributed by atoms with Crippen molar-refractivity contribution in [3.8, 4) is 6.07 Å². The Hall–Kier alpha value is -3.07. The zero-order valence-corrected chi connectivity index (χ0v) is 9.71. The van der Waals surface area contributed by atoms with Crippen molar-refractivity contribution in [1.29, 1.82) is 5.26 Å². The maximum Gasteiger partial charge on any atom is 0.326 e. The summed E-state index contributed by atoms with van der Waals surface area (Å²) < 4.78 is 4.85. The van der Waals surface area contributed by atoms with Crippen LogP contribution in [0.3, 0.4) is 0 Å². The van der Waals surface area contributed by atoms with Crippen LogP contribution in [0.25, 0.3) is 0 Å². The van der Waals surface area contributed by atoms with Crippen molar-refractivity contribution in [3.05, 3.63) is 54.0 Å². The lowest BCUT2D eigenvalue weighted by Gasteiger charge is -2.05. The Kier molecular flexibility index (Phi) is 3.59. The van der Waals surface area contributed by atoms with Crippen molar-refractivity contribution < 1.29 is 14.0 Å². The third-order valence-corrected chi connectivity index (χ3v) is 2.24. The summed E-state index contributed by atoms with van der Waals surface area (Å²) in [5.41, 5.74) is 0.960. The number of anilines is 1. The van der Waals surface area contributed by atoms with Crippen LogP contribution < -0.4 is 10.6 Å². The molecule has 0 bridgehead atoms. The number of imide groups is 1. The minimum absolute atomic E-state index is 0.0509. The normalized spacial score (nSPS) is 9.42. The van der Waals surface area contributed by atoms with Gasteiger partial charge in [0.15, 0.2) is 5.76 Å². The number of amides is 3. The van der Waals surface area contributed by atoms with Gasteiger partial charge < -0.3 is 9.73 Å². The SMILES string of the molecule is N#Cc1ccc(NC(=O)NC(=O)c2ccco2)cc1. The highest BCUT2D eigenvalue weighted by molar-refractivity contribution is 6.06. The summed E-state index contributed by atoms with van der Waals surface area (Å²) in [7, 11) is 0. The molecule has 0 radical (unpaired) electrons. The molecule has 3 amide bonds. The molecule has 2 rings (SSSR count). The average Bonchev–Trinajstić information content (AvgIpc) is 2.93. The molecule has 2 aromatic rings. The Balaban J connectivity index is 1.94. The van der Waals surface area contributed by atoms with Crippen molar-refractivity contribution in [2.45, 2.75) is 0 Å². The Morgan fingerprint density at radius 1 is 1.16 bits per heavy atom. The number of hydrogen-bond donors (Lipinski definition) is 2. The van der Waals surface area contributed by atoms with Crippen LogP contribution in [-0.4, -0.2) is 11.9 Å². The summed E-state index contributed by atoms with van der Waals surface area (Å²) in [5, 5.41) is 13.2. The number of nitrogens with zero attached hydrogens (tertiary/aromatic N) is 1. The molecule has 1 aromatic heterocycles. The van der Waals surface area contributed by atoms with E-state index >= 15 is 0 Å². The molecule has 6 nitrogen and oxygen atoms in total. The molecule has 0 fully saturated rings. The van der Waals surface area contributed by atoms with E-state index in [1.165, 1.54) is 12.3 Å². The van der Waals surface area contributed by atoms with Crippen molar-refractivity contribution >= 4 is 17.6 Å². The Morgan fingerprint density at radius 3 is 2.47 bits per heavy atom. The maximum atomic E-state index is 11.5. The van der Waals surface area contributed by atoms with Crippen LogP contribution in [0.4, 0.5) is 10.5 Å². The highest BCUT2D eigenvalue weighted by atomic mass is 16.3. The number of furan rings is 1. The fraction of sp³-hybridized carbons (Fsp3) is 0. The zero-order chi connectivity index (χ0) is 13.7. The second kappa shape index (κ2) is 5.51. The molecule has 1 heterocycles. The number of carbonyl (C=O) groups is 2. The minimum atomic E-state index is -0.675. The zero-order valence-electron chi connectivity index (χ0n) is 9.71. The van der Waals surface area contributed by atoms with E-state index in [0.717, 1.165) is 0 Å². The molecule has 2 N–H and O–H groups in total. The van der Waals surface area contributed by atoms with Crippen molar-refractivity contribution in [2.75, 3.05) is 5.32 Å². The van der Waals surface area contributed by atoms with Crippen LogP contribution in [0, 0.1) is 11.3 Å². The quantitative estimate of drug-likeness (QED) is 0.859. The monoisotopic (exact) mass is 255 g/mol. The standard InChI is InChI=1S/C13H9N3O3/c14-8-9-3-5-10(6-4-9)15-13(18)16-12(17)11-2-1-7-19-11/h1-7H,(H2,15,16,17,18). The topological polar surface area (TPSA) is 95.1 Å². The molecule has 0 aliphatic carbocycles. The molecule has 1 aromatic carbocycles. The Bertz CT molecular complexity index is 624. The van der Waals surface area contributed by atoms with E-state index in [-0.39, 0.29) is 5.76 Å². The van der Waals surface area contributed by atoms with Crippen LogP contribution in [-0.2, 0) is 0 Å². The maximum absolute atomic E-state index is 11.5. The fourth-order valence-electron chi connectivity index (χ4n) is 1.36. The summed E-state index contributed by atoms with van der Waals surface area (Å²) in [6.45, 7) is 0. The molecule has 0 saturated heterocycles. The molecule has 0 atom stereocenters. The van der Waals surface area contributed by atoms with Crippen LogP contribution >= 0.6 is 0 Å². The fourth-order valence-corrected chi connectivity index (χ4v) is 1.36. The molecular formula is C13H9N3O3. The number of rotatable bonds is 2. The second-order valence-electron chi connectivity index (χ2n) is 3.57. The number of nitrogens with one attached hydrogen (secondary N) is 2. The smallest absolute Gasteiger partial charge is 0.326 e. The van der Waals surface area contributed by atoms with Gasteiger partial charge in [-0.3, -0.25) is 10.1 Å². The van der Waals surface area contributed by atoms with Crippen molar-refractivity contribution in [2.24, 2.45) is 0 Å². The molecule has 6 heteroatoms. The predicted octanol–water partition coefficient (Wildman–Crippen LogP) is 2.11. The number of carbonyl (C=O) groups excluding carboxylic acids is 2. The highest BCUT2D eigenvalue weighted by Gasteiger charge is 2.12.